The van der Waals surface area contributed by atoms with E-state index in [2.05, 4.69) is 20.4 Å². The van der Waals surface area contributed by atoms with Gasteiger partial charge in [0.25, 0.3) is 0 Å². The Kier molecular flexibility index (Phi) is 10.5. The van der Waals surface area contributed by atoms with E-state index in [1.807, 2.05) is 6.08 Å². The van der Waals surface area contributed by atoms with E-state index in [0.717, 1.165) is 43.8 Å². The van der Waals surface area contributed by atoms with E-state index in [1.165, 1.54) is 6.08 Å². The van der Waals surface area contributed by atoms with Crippen LogP contribution in [0.5, 0.6) is 0 Å². The van der Waals surface area contributed by atoms with Crippen molar-refractivity contribution in [3.05, 3.63) is 48.3 Å². The Morgan fingerprint density at radius 3 is 2.23 bits per heavy atom. The molecule has 0 aliphatic rings. The van der Waals surface area contributed by atoms with Gasteiger partial charge >= 0.3 is 0 Å². The van der Waals surface area contributed by atoms with E-state index in [1.54, 1.807) is 25.5 Å². The van der Waals surface area contributed by atoms with Crippen LogP contribution in [-0.2, 0) is 4.74 Å². The predicted molar refractivity (Wildman–Crippen MR) is 91.1 cm³/mol. The van der Waals surface area contributed by atoms with E-state index >= 15 is 0 Å². The zero-order chi connectivity index (χ0) is 17.0. The van der Waals surface area contributed by atoms with Gasteiger partial charge in [0.2, 0.25) is 5.92 Å². The molecule has 0 bridgehead atoms. The van der Waals surface area contributed by atoms with E-state index < -0.39 is 5.92 Å². The molecule has 0 N–H and O–H groups in total. The number of rotatable bonds is 11. The molecular weight excluding hydrogens is 282 g/mol. The highest BCUT2D eigenvalue weighted by molar-refractivity contribution is 5.42. The summed E-state index contributed by atoms with van der Waals surface area (Å²) in [7, 11) is 1.62. The first-order valence-electron chi connectivity index (χ1n) is 7.99. The predicted octanol–water partition coefficient (Wildman–Crippen LogP) is 6.45. The minimum Gasteiger partial charge on any atom is -0.504 e. The summed E-state index contributed by atoms with van der Waals surface area (Å²) in [5, 5.41) is 0. The summed E-state index contributed by atoms with van der Waals surface area (Å²) in [5.74, 6) is -2.32. The largest absolute Gasteiger partial charge is 0.504 e. The Morgan fingerprint density at radius 1 is 1.23 bits per heavy atom. The molecule has 0 spiro atoms. The fraction of sp³-hybridized carbons (Fsp3) is 0.579. The molecule has 22 heavy (non-hydrogen) atoms. The van der Waals surface area contributed by atoms with Gasteiger partial charge in [-0.2, -0.15) is 0 Å². The maximum atomic E-state index is 13.0. The van der Waals surface area contributed by atoms with Crippen molar-refractivity contribution in [1.29, 1.82) is 0 Å². The monoisotopic (exact) mass is 312 g/mol. The minimum atomic E-state index is -2.69. The molecule has 3 heteroatoms. The van der Waals surface area contributed by atoms with Crippen LogP contribution >= 0.6 is 0 Å². The molecular formula is C19H30F2O. The van der Waals surface area contributed by atoms with E-state index in [0.29, 0.717) is 5.92 Å². The number of methoxy groups -OCH3 is 1. The van der Waals surface area contributed by atoms with Gasteiger partial charge in [-0.3, -0.25) is 0 Å². The molecule has 0 aliphatic heterocycles. The maximum absolute atomic E-state index is 13.0. The van der Waals surface area contributed by atoms with Gasteiger partial charge in [0, 0.05) is 6.42 Å². The van der Waals surface area contributed by atoms with Gasteiger partial charge in [-0.15, -0.1) is 0 Å². The van der Waals surface area contributed by atoms with Gasteiger partial charge in [-0.1, -0.05) is 57.6 Å². The van der Waals surface area contributed by atoms with Crippen LogP contribution in [0.2, 0.25) is 0 Å². The van der Waals surface area contributed by atoms with Crippen molar-refractivity contribution in [1.82, 2.24) is 0 Å². The summed E-state index contributed by atoms with van der Waals surface area (Å²) in [5.41, 5.74) is 1.95. The average molecular weight is 312 g/mol. The number of hydrogen-bond donors (Lipinski definition) is 0. The third kappa shape index (κ3) is 8.81. The molecule has 0 aromatic rings. The molecule has 0 aromatic carbocycles. The van der Waals surface area contributed by atoms with Crippen LogP contribution in [0.1, 0.15) is 52.9 Å². The molecule has 0 aliphatic carbocycles. The molecule has 0 fully saturated rings. The second kappa shape index (κ2) is 11.2. The van der Waals surface area contributed by atoms with Gasteiger partial charge in [0.1, 0.15) is 0 Å². The van der Waals surface area contributed by atoms with Crippen LogP contribution in [0.25, 0.3) is 0 Å². The second-order valence-corrected chi connectivity index (χ2v) is 5.62. The molecule has 0 rings (SSSR count). The average Bonchev–Trinajstić information content (AvgIpc) is 2.43. The van der Waals surface area contributed by atoms with E-state index in [9.17, 15) is 8.78 Å². The molecule has 0 heterocycles. The molecule has 0 unspecified atom stereocenters. The zero-order valence-electron chi connectivity index (χ0n) is 14.4. The third-order valence-corrected chi connectivity index (χ3v) is 3.36. The van der Waals surface area contributed by atoms with Crippen molar-refractivity contribution < 1.29 is 13.5 Å². The number of allylic oxidation sites excluding steroid dienone is 6. The maximum Gasteiger partial charge on any atom is 0.248 e. The van der Waals surface area contributed by atoms with Crippen LogP contribution in [0.3, 0.4) is 0 Å². The highest BCUT2D eigenvalue weighted by Gasteiger charge is 2.19. The summed E-state index contributed by atoms with van der Waals surface area (Å²) in [6.45, 7) is 8.95. The number of ether oxygens (including phenoxy) is 1. The van der Waals surface area contributed by atoms with Crippen molar-refractivity contribution in [2.45, 2.75) is 58.8 Å². The van der Waals surface area contributed by atoms with Gasteiger partial charge in [-0.05, 0) is 36.8 Å². The molecule has 0 radical (unpaired) electrons. The molecule has 0 atom stereocenters. The Bertz CT molecular complexity index is 394. The SMILES string of the molecule is C=C/C=C(\C=C/CC(C)(F)F)C(=C/OC)/C(CCC)CCC. The highest BCUT2D eigenvalue weighted by Crippen LogP contribution is 2.30. The van der Waals surface area contributed by atoms with Crippen molar-refractivity contribution >= 4 is 0 Å². The Morgan fingerprint density at radius 2 is 1.82 bits per heavy atom. The summed E-state index contributed by atoms with van der Waals surface area (Å²) >= 11 is 0. The van der Waals surface area contributed by atoms with Crippen molar-refractivity contribution in [3.63, 3.8) is 0 Å². The first-order valence-corrected chi connectivity index (χ1v) is 7.99. The first-order chi connectivity index (χ1) is 10.4. The summed E-state index contributed by atoms with van der Waals surface area (Å²) in [6, 6.07) is 0. The lowest BCUT2D eigenvalue weighted by Gasteiger charge is -2.20. The van der Waals surface area contributed by atoms with Gasteiger partial charge < -0.3 is 4.74 Å². The lowest BCUT2D eigenvalue weighted by Crippen LogP contribution is -2.08. The Labute approximate surface area is 134 Å². The third-order valence-electron chi connectivity index (χ3n) is 3.36. The number of alkyl halides is 2. The molecule has 0 saturated carbocycles. The lowest BCUT2D eigenvalue weighted by atomic mass is 9.86. The van der Waals surface area contributed by atoms with Crippen LogP contribution in [0.15, 0.2) is 48.3 Å². The summed E-state index contributed by atoms with van der Waals surface area (Å²) < 4.78 is 31.2. The summed E-state index contributed by atoms with van der Waals surface area (Å²) in [4.78, 5) is 0. The van der Waals surface area contributed by atoms with Gasteiger partial charge in [-0.25, -0.2) is 8.78 Å². The smallest absolute Gasteiger partial charge is 0.248 e. The van der Waals surface area contributed by atoms with Crippen molar-refractivity contribution in [2.75, 3.05) is 7.11 Å². The highest BCUT2D eigenvalue weighted by atomic mass is 19.3. The van der Waals surface area contributed by atoms with Crippen LogP contribution in [0.4, 0.5) is 8.78 Å². The minimum absolute atomic E-state index is 0.270. The van der Waals surface area contributed by atoms with E-state index in [-0.39, 0.29) is 6.42 Å². The quantitative estimate of drug-likeness (QED) is 0.315. The van der Waals surface area contributed by atoms with Crippen LogP contribution < -0.4 is 0 Å². The molecule has 1 nitrogen and oxygen atoms in total. The lowest BCUT2D eigenvalue weighted by molar-refractivity contribution is 0.0255. The topological polar surface area (TPSA) is 9.23 Å². The van der Waals surface area contributed by atoms with Gasteiger partial charge in [0.05, 0.1) is 13.4 Å². The zero-order valence-corrected chi connectivity index (χ0v) is 14.4. The number of halogens is 2. The molecule has 0 aromatic heterocycles. The van der Waals surface area contributed by atoms with E-state index in [4.69, 9.17) is 4.74 Å². The van der Waals surface area contributed by atoms with Crippen LogP contribution in [-0.4, -0.2) is 13.0 Å². The second-order valence-electron chi connectivity index (χ2n) is 5.62. The van der Waals surface area contributed by atoms with Gasteiger partial charge in [0.15, 0.2) is 0 Å². The standard InChI is InChI=1S/C19H30F2O/c1-6-10-16(11-7-2)18(15-22-5)17(12-8-3)13-9-14-19(4,20)21/h8-9,12-13,15-16H,3,6-7,10-11,14H2,1-2,4-5H3/b13-9-,17-12+,18-15+. The van der Waals surface area contributed by atoms with Crippen LogP contribution in [0, 0.1) is 5.92 Å². The first kappa shape index (κ1) is 20.6. The molecule has 0 amide bonds. The molecule has 126 valence electrons. The fourth-order valence-corrected chi connectivity index (χ4v) is 2.45. The Balaban J connectivity index is 5.39. The molecule has 0 saturated heterocycles. The Hall–Kier alpha value is -1.38. The summed E-state index contributed by atoms with van der Waals surface area (Å²) in [6.07, 6.45) is 12.5. The normalized spacial score (nSPS) is 14.0. The van der Waals surface area contributed by atoms with Crippen molar-refractivity contribution in [3.8, 4) is 0 Å². The number of hydrogen-bond acceptors (Lipinski definition) is 1. The van der Waals surface area contributed by atoms with Crippen molar-refractivity contribution in [2.24, 2.45) is 5.92 Å². The fourth-order valence-electron chi connectivity index (χ4n) is 2.45.